The number of benzene rings is 2. The zero-order chi connectivity index (χ0) is 19.4. The van der Waals surface area contributed by atoms with Crippen LogP contribution in [0.4, 0.5) is 9.18 Å². The van der Waals surface area contributed by atoms with Crippen LogP contribution < -0.4 is 4.74 Å². The van der Waals surface area contributed by atoms with Crippen molar-refractivity contribution in [2.75, 3.05) is 6.54 Å². The highest BCUT2D eigenvalue weighted by Crippen LogP contribution is 2.33. The van der Waals surface area contributed by atoms with Gasteiger partial charge in [-0.2, -0.15) is 0 Å². The topological polar surface area (TPSA) is 46.6 Å². The number of thioether (sulfide) groups is 1. The first kappa shape index (κ1) is 19.0. The lowest BCUT2D eigenvalue weighted by atomic mass is 10.2. The largest absolute Gasteiger partial charge is 0.487 e. The monoisotopic (exact) mass is 401 g/mol. The molecule has 27 heavy (non-hydrogen) atoms. The van der Waals surface area contributed by atoms with Crippen LogP contribution in [0.15, 0.2) is 47.4 Å². The Labute approximate surface area is 165 Å². The molecular formula is C20H13ClFNO3S. The molecule has 0 radical (unpaired) electrons. The van der Waals surface area contributed by atoms with E-state index in [4.69, 9.17) is 22.8 Å². The average Bonchev–Trinajstić information content (AvgIpc) is 2.89. The number of carbonyl (C=O) groups is 2. The molecule has 0 N–H and O–H groups in total. The van der Waals surface area contributed by atoms with Gasteiger partial charge in [-0.05, 0) is 53.2 Å². The average molecular weight is 402 g/mol. The molecule has 1 aliphatic heterocycles. The van der Waals surface area contributed by atoms with E-state index in [9.17, 15) is 14.0 Å². The molecule has 0 atom stereocenters. The normalized spacial score (nSPS) is 15.3. The Morgan fingerprint density at radius 2 is 2.07 bits per heavy atom. The van der Waals surface area contributed by atoms with E-state index >= 15 is 0 Å². The first-order valence-electron chi connectivity index (χ1n) is 7.83. The summed E-state index contributed by atoms with van der Waals surface area (Å²) in [5, 5.41) is -0.0617. The summed E-state index contributed by atoms with van der Waals surface area (Å²) in [6, 6.07) is 11.1. The fourth-order valence-corrected chi connectivity index (χ4v) is 3.47. The van der Waals surface area contributed by atoms with Gasteiger partial charge in [0.2, 0.25) is 0 Å². The Bertz CT molecular complexity index is 983. The van der Waals surface area contributed by atoms with Crippen LogP contribution in [0.2, 0.25) is 5.02 Å². The van der Waals surface area contributed by atoms with E-state index < -0.39 is 11.1 Å². The van der Waals surface area contributed by atoms with Gasteiger partial charge >= 0.3 is 0 Å². The Hall–Kier alpha value is -2.75. The zero-order valence-electron chi connectivity index (χ0n) is 13.9. The molecule has 136 valence electrons. The van der Waals surface area contributed by atoms with Crippen molar-refractivity contribution < 1.29 is 18.7 Å². The number of ether oxygens (including phenoxy) is 1. The highest BCUT2D eigenvalue weighted by Gasteiger charge is 2.34. The van der Waals surface area contributed by atoms with Crippen LogP contribution in [0.25, 0.3) is 6.08 Å². The lowest BCUT2D eigenvalue weighted by Crippen LogP contribution is -2.28. The molecule has 2 aromatic carbocycles. The maximum Gasteiger partial charge on any atom is 0.294 e. The molecule has 1 fully saturated rings. The molecule has 7 heteroatoms. The summed E-state index contributed by atoms with van der Waals surface area (Å²) < 4.78 is 18.8. The Morgan fingerprint density at radius 1 is 1.26 bits per heavy atom. The summed E-state index contributed by atoms with van der Waals surface area (Å²) in [7, 11) is 0. The molecule has 0 spiro atoms. The predicted molar refractivity (Wildman–Crippen MR) is 104 cm³/mol. The summed E-state index contributed by atoms with van der Waals surface area (Å²) in [5.41, 5.74) is 1.32. The lowest BCUT2D eigenvalue weighted by Gasteiger charge is -2.09. The number of amides is 2. The number of hydrogen-bond donors (Lipinski definition) is 0. The third-order valence-electron chi connectivity index (χ3n) is 3.66. The molecule has 3 rings (SSSR count). The maximum absolute atomic E-state index is 13.2. The number of nitrogens with zero attached hydrogens (tertiary/aromatic N) is 1. The van der Waals surface area contributed by atoms with Crippen LogP contribution in [0.1, 0.15) is 11.1 Å². The summed E-state index contributed by atoms with van der Waals surface area (Å²) in [6.45, 7) is 0.109. The Balaban J connectivity index is 1.72. The quantitative estimate of drug-likeness (QED) is 0.537. The molecule has 0 aliphatic carbocycles. The van der Waals surface area contributed by atoms with Crippen molar-refractivity contribution in [3.63, 3.8) is 0 Å². The highest BCUT2D eigenvalue weighted by molar-refractivity contribution is 8.18. The molecule has 2 amide bonds. The van der Waals surface area contributed by atoms with Crippen molar-refractivity contribution in [1.29, 1.82) is 0 Å². The molecule has 0 saturated carbocycles. The molecule has 2 aromatic rings. The van der Waals surface area contributed by atoms with E-state index in [1.54, 1.807) is 36.4 Å². The van der Waals surface area contributed by atoms with Crippen molar-refractivity contribution in [3.8, 4) is 18.1 Å². The standard InChI is InChI=1S/C20H13ClFNO3S/c1-2-8-23-19(24)18(27-20(23)25)11-13-6-7-17(16(21)10-13)26-12-14-4-3-5-15(22)9-14/h1,3-7,9-11H,8,12H2/b18-11-. The van der Waals surface area contributed by atoms with Crippen LogP contribution in [0, 0.1) is 18.2 Å². The van der Waals surface area contributed by atoms with E-state index in [0.29, 0.717) is 21.9 Å². The van der Waals surface area contributed by atoms with Gasteiger partial charge in [0.25, 0.3) is 11.1 Å². The fourth-order valence-electron chi connectivity index (χ4n) is 2.39. The molecule has 1 aliphatic rings. The second-order valence-electron chi connectivity index (χ2n) is 5.58. The SMILES string of the molecule is C#CCN1C(=O)S/C(=C\c2ccc(OCc3cccc(F)c3)c(Cl)c2)C1=O. The summed E-state index contributed by atoms with van der Waals surface area (Å²) in [6.07, 6.45) is 6.74. The second kappa shape index (κ2) is 8.30. The number of hydrogen-bond acceptors (Lipinski definition) is 4. The molecule has 0 unspecified atom stereocenters. The highest BCUT2D eigenvalue weighted by atomic mass is 35.5. The van der Waals surface area contributed by atoms with Crippen LogP contribution in [-0.4, -0.2) is 22.6 Å². The zero-order valence-corrected chi connectivity index (χ0v) is 15.5. The number of halogens is 2. The first-order valence-corrected chi connectivity index (χ1v) is 9.03. The van der Waals surface area contributed by atoms with E-state index in [0.717, 1.165) is 16.7 Å². The fraction of sp³-hybridized carbons (Fsp3) is 0.100. The van der Waals surface area contributed by atoms with E-state index in [1.807, 2.05) is 0 Å². The molecule has 1 saturated heterocycles. The van der Waals surface area contributed by atoms with Crippen molar-refractivity contribution in [2.45, 2.75) is 6.61 Å². The van der Waals surface area contributed by atoms with Crippen LogP contribution in [-0.2, 0) is 11.4 Å². The number of rotatable bonds is 5. The Morgan fingerprint density at radius 3 is 2.78 bits per heavy atom. The Kier molecular flexibility index (Phi) is 5.84. The van der Waals surface area contributed by atoms with Gasteiger partial charge in [0.15, 0.2) is 0 Å². The lowest BCUT2D eigenvalue weighted by molar-refractivity contribution is -0.122. The van der Waals surface area contributed by atoms with Gasteiger partial charge in [0.1, 0.15) is 18.2 Å². The van der Waals surface area contributed by atoms with Gasteiger partial charge in [-0.15, -0.1) is 6.42 Å². The minimum Gasteiger partial charge on any atom is -0.487 e. The van der Waals surface area contributed by atoms with E-state index in [-0.39, 0.29) is 23.9 Å². The van der Waals surface area contributed by atoms with Gasteiger partial charge < -0.3 is 4.74 Å². The third-order valence-corrected chi connectivity index (χ3v) is 4.86. The molecule has 0 aromatic heterocycles. The van der Waals surface area contributed by atoms with Crippen LogP contribution >= 0.6 is 23.4 Å². The maximum atomic E-state index is 13.2. The molecule has 1 heterocycles. The minimum absolute atomic E-state index is 0.0599. The minimum atomic E-state index is -0.425. The van der Waals surface area contributed by atoms with Crippen LogP contribution in [0.5, 0.6) is 5.75 Å². The molecular weight excluding hydrogens is 389 g/mol. The summed E-state index contributed by atoms with van der Waals surface area (Å²) in [4.78, 5) is 25.3. The smallest absolute Gasteiger partial charge is 0.294 e. The van der Waals surface area contributed by atoms with E-state index in [1.165, 1.54) is 12.1 Å². The van der Waals surface area contributed by atoms with Crippen molar-refractivity contribution in [3.05, 3.63) is 69.3 Å². The predicted octanol–water partition coefficient (Wildman–Crippen LogP) is 4.73. The van der Waals surface area contributed by atoms with Crippen molar-refractivity contribution >= 4 is 40.6 Å². The van der Waals surface area contributed by atoms with Crippen LogP contribution in [0.3, 0.4) is 0 Å². The summed E-state index contributed by atoms with van der Waals surface area (Å²) >= 11 is 7.06. The van der Waals surface area contributed by atoms with Gasteiger partial charge in [-0.25, -0.2) is 4.39 Å². The molecule has 0 bridgehead atoms. The summed E-state index contributed by atoms with van der Waals surface area (Å²) in [5.74, 6) is 1.95. The van der Waals surface area contributed by atoms with E-state index in [2.05, 4.69) is 5.92 Å². The van der Waals surface area contributed by atoms with Gasteiger partial charge in [0.05, 0.1) is 16.5 Å². The second-order valence-corrected chi connectivity index (χ2v) is 6.98. The first-order chi connectivity index (χ1) is 13.0. The molecule has 4 nitrogen and oxygen atoms in total. The van der Waals surface area contributed by atoms with Crippen molar-refractivity contribution in [1.82, 2.24) is 4.90 Å². The van der Waals surface area contributed by atoms with Gasteiger partial charge in [0, 0.05) is 0 Å². The third kappa shape index (κ3) is 4.51. The number of terminal acetylenes is 1. The van der Waals surface area contributed by atoms with Gasteiger partial charge in [-0.3, -0.25) is 14.5 Å². The number of carbonyl (C=O) groups excluding carboxylic acids is 2. The van der Waals surface area contributed by atoms with Crippen molar-refractivity contribution in [2.24, 2.45) is 0 Å². The number of imide groups is 1. The van der Waals surface area contributed by atoms with Gasteiger partial charge in [-0.1, -0.05) is 35.7 Å².